The van der Waals surface area contributed by atoms with Gasteiger partial charge in [-0.25, -0.2) is 0 Å². The van der Waals surface area contributed by atoms with Gasteiger partial charge in [-0.3, -0.25) is 4.79 Å². The van der Waals surface area contributed by atoms with Gasteiger partial charge in [0, 0.05) is 17.8 Å². The number of hydrogen-bond donors (Lipinski definition) is 0. The van der Waals surface area contributed by atoms with E-state index in [4.69, 9.17) is 0 Å². The molecule has 0 bridgehead atoms. The molecule has 16 heavy (non-hydrogen) atoms. The summed E-state index contributed by atoms with van der Waals surface area (Å²) in [6.45, 7) is 5.02. The molecule has 0 spiro atoms. The Morgan fingerprint density at radius 2 is 2.06 bits per heavy atom. The van der Waals surface area contributed by atoms with E-state index < -0.39 is 0 Å². The summed E-state index contributed by atoms with van der Waals surface area (Å²) in [4.78, 5) is 12.1. The van der Waals surface area contributed by atoms with Crippen molar-refractivity contribution in [1.29, 1.82) is 0 Å². The van der Waals surface area contributed by atoms with E-state index in [0.29, 0.717) is 0 Å². The molecule has 0 saturated carbocycles. The first-order valence-electron chi connectivity index (χ1n) is 6.46. The summed E-state index contributed by atoms with van der Waals surface area (Å²) in [5, 5.41) is 0. The van der Waals surface area contributed by atoms with E-state index in [1.54, 1.807) is 0 Å². The summed E-state index contributed by atoms with van der Waals surface area (Å²) in [6, 6.07) is 2.11. The van der Waals surface area contributed by atoms with E-state index in [-0.39, 0.29) is 5.56 Å². The van der Waals surface area contributed by atoms with E-state index in [9.17, 15) is 4.79 Å². The predicted molar refractivity (Wildman–Crippen MR) is 67.0 cm³/mol. The maximum atomic E-state index is 12.1. The third kappa shape index (κ3) is 2.06. The molecular weight excluding hydrogens is 198 g/mol. The van der Waals surface area contributed by atoms with E-state index in [1.807, 2.05) is 11.5 Å². The smallest absolute Gasteiger partial charge is 0.253 e. The lowest BCUT2D eigenvalue weighted by Crippen LogP contribution is -2.28. The Bertz CT molecular complexity index is 431. The molecule has 0 unspecified atom stereocenters. The van der Waals surface area contributed by atoms with Gasteiger partial charge >= 0.3 is 0 Å². The van der Waals surface area contributed by atoms with Gasteiger partial charge in [0.15, 0.2) is 0 Å². The van der Waals surface area contributed by atoms with Crippen molar-refractivity contribution >= 4 is 0 Å². The van der Waals surface area contributed by atoms with Crippen LogP contribution >= 0.6 is 0 Å². The minimum absolute atomic E-state index is 0.231. The molecule has 1 aliphatic rings. The molecule has 0 radical (unpaired) electrons. The van der Waals surface area contributed by atoms with Crippen LogP contribution in [-0.2, 0) is 19.4 Å². The number of nitrogens with zero attached hydrogens (tertiary/aromatic N) is 1. The van der Waals surface area contributed by atoms with Crippen LogP contribution in [0.2, 0.25) is 0 Å². The molecule has 1 aliphatic carbocycles. The first-order chi connectivity index (χ1) is 7.74. The Morgan fingerprint density at radius 1 is 1.31 bits per heavy atom. The Kier molecular flexibility index (Phi) is 3.47. The Hall–Kier alpha value is -1.05. The fourth-order valence-electron chi connectivity index (χ4n) is 2.59. The van der Waals surface area contributed by atoms with Crippen LogP contribution in [0, 0.1) is 6.92 Å². The van der Waals surface area contributed by atoms with Crippen LogP contribution in [0.25, 0.3) is 0 Å². The second-order valence-electron chi connectivity index (χ2n) is 4.82. The number of fused-ring (bicyclic) bond motifs is 1. The zero-order valence-electron chi connectivity index (χ0n) is 10.4. The molecule has 2 nitrogen and oxygen atoms in total. The first-order valence-corrected chi connectivity index (χ1v) is 6.46. The SMILES string of the molecule is CCCCn1c2c(cc(C)c1=O)CCCC2. The van der Waals surface area contributed by atoms with Crippen LogP contribution in [0.5, 0.6) is 0 Å². The summed E-state index contributed by atoms with van der Waals surface area (Å²) < 4.78 is 2.04. The number of unbranched alkanes of at least 4 members (excludes halogenated alkanes) is 1. The molecule has 2 heteroatoms. The molecule has 88 valence electrons. The predicted octanol–water partition coefficient (Wildman–Crippen LogP) is 2.84. The molecule has 1 aromatic heterocycles. The molecule has 2 rings (SSSR count). The van der Waals surface area contributed by atoms with Gasteiger partial charge in [-0.1, -0.05) is 13.3 Å². The zero-order valence-corrected chi connectivity index (χ0v) is 10.4. The molecule has 0 N–H and O–H groups in total. The highest BCUT2D eigenvalue weighted by Gasteiger charge is 2.15. The van der Waals surface area contributed by atoms with Gasteiger partial charge in [-0.2, -0.15) is 0 Å². The lowest BCUT2D eigenvalue weighted by Gasteiger charge is -2.21. The highest BCUT2D eigenvalue weighted by molar-refractivity contribution is 5.28. The average Bonchev–Trinajstić information content (AvgIpc) is 2.30. The van der Waals surface area contributed by atoms with Crippen molar-refractivity contribution in [3.05, 3.63) is 33.2 Å². The second-order valence-corrected chi connectivity index (χ2v) is 4.82. The molecular formula is C14H21NO. The van der Waals surface area contributed by atoms with Gasteiger partial charge in [-0.05, 0) is 50.7 Å². The van der Waals surface area contributed by atoms with E-state index in [2.05, 4.69) is 13.0 Å². The minimum atomic E-state index is 0.231. The van der Waals surface area contributed by atoms with Crippen LogP contribution in [0.1, 0.15) is 49.4 Å². The quantitative estimate of drug-likeness (QED) is 0.766. The number of pyridine rings is 1. The molecule has 0 fully saturated rings. The molecule has 0 atom stereocenters. The summed E-state index contributed by atoms with van der Waals surface area (Å²) in [5.41, 5.74) is 3.88. The topological polar surface area (TPSA) is 22.0 Å². The maximum absolute atomic E-state index is 12.1. The second kappa shape index (κ2) is 4.86. The van der Waals surface area contributed by atoms with Crippen molar-refractivity contribution in [2.24, 2.45) is 0 Å². The van der Waals surface area contributed by atoms with E-state index >= 15 is 0 Å². The van der Waals surface area contributed by atoms with E-state index in [1.165, 1.54) is 24.1 Å². The number of aryl methyl sites for hydroxylation is 2. The summed E-state index contributed by atoms with van der Waals surface area (Å²) in [7, 11) is 0. The fourth-order valence-corrected chi connectivity index (χ4v) is 2.59. The van der Waals surface area contributed by atoms with Crippen LogP contribution in [0.3, 0.4) is 0 Å². The zero-order chi connectivity index (χ0) is 11.5. The largest absolute Gasteiger partial charge is 0.312 e. The Morgan fingerprint density at radius 3 is 2.81 bits per heavy atom. The van der Waals surface area contributed by atoms with Crippen molar-refractivity contribution in [1.82, 2.24) is 4.57 Å². The highest BCUT2D eigenvalue weighted by atomic mass is 16.1. The third-order valence-electron chi connectivity index (χ3n) is 3.51. The normalized spacial score (nSPS) is 14.9. The van der Waals surface area contributed by atoms with Crippen LogP contribution in [-0.4, -0.2) is 4.57 Å². The van der Waals surface area contributed by atoms with Gasteiger partial charge in [0.05, 0.1) is 0 Å². The minimum Gasteiger partial charge on any atom is -0.312 e. The van der Waals surface area contributed by atoms with Crippen LogP contribution in [0.15, 0.2) is 10.9 Å². The summed E-state index contributed by atoms with van der Waals surface area (Å²) >= 11 is 0. The van der Waals surface area contributed by atoms with Crippen LogP contribution in [0.4, 0.5) is 0 Å². The monoisotopic (exact) mass is 219 g/mol. The highest BCUT2D eigenvalue weighted by Crippen LogP contribution is 2.20. The summed E-state index contributed by atoms with van der Waals surface area (Å²) in [5.74, 6) is 0. The van der Waals surface area contributed by atoms with Gasteiger partial charge < -0.3 is 4.57 Å². The van der Waals surface area contributed by atoms with E-state index in [0.717, 1.165) is 37.8 Å². The van der Waals surface area contributed by atoms with Crippen molar-refractivity contribution in [2.75, 3.05) is 0 Å². The van der Waals surface area contributed by atoms with Crippen LogP contribution < -0.4 is 5.56 Å². The first kappa shape index (κ1) is 11.4. The molecule has 0 amide bonds. The Balaban J connectivity index is 2.46. The maximum Gasteiger partial charge on any atom is 0.253 e. The van der Waals surface area contributed by atoms with Crippen molar-refractivity contribution < 1.29 is 0 Å². The lowest BCUT2D eigenvalue weighted by molar-refractivity contribution is 0.546. The third-order valence-corrected chi connectivity index (χ3v) is 3.51. The van der Waals surface area contributed by atoms with Crippen molar-refractivity contribution in [2.45, 2.75) is 58.9 Å². The average molecular weight is 219 g/mol. The molecule has 0 saturated heterocycles. The number of aromatic nitrogens is 1. The van der Waals surface area contributed by atoms with Crippen molar-refractivity contribution in [3.8, 4) is 0 Å². The lowest BCUT2D eigenvalue weighted by atomic mass is 9.94. The van der Waals surface area contributed by atoms with Crippen molar-refractivity contribution in [3.63, 3.8) is 0 Å². The molecule has 0 aliphatic heterocycles. The molecule has 0 aromatic carbocycles. The standard InChI is InChI=1S/C14H21NO/c1-3-4-9-15-13-8-6-5-7-12(13)10-11(2)14(15)16/h10H,3-9H2,1-2H3. The van der Waals surface area contributed by atoms with Gasteiger partial charge in [0.2, 0.25) is 0 Å². The van der Waals surface area contributed by atoms with Gasteiger partial charge in [0.25, 0.3) is 5.56 Å². The molecule has 1 heterocycles. The summed E-state index contributed by atoms with van der Waals surface area (Å²) in [6.07, 6.45) is 7.02. The fraction of sp³-hybridized carbons (Fsp3) is 0.643. The Labute approximate surface area is 97.3 Å². The number of rotatable bonds is 3. The van der Waals surface area contributed by atoms with Gasteiger partial charge in [0.1, 0.15) is 0 Å². The van der Waals surface area contributed by atoms with Gasteiger partial charge in [-0.15, -0.1) is 0 Å². The molecule has 1 aromatic rings. The number of hydrogen-bond acceptors (Lipinski definition) is 1.